The Morgan fingerprint density at radius 3 is 2.37 bits per heavy atom. The van der Waals surface area contributed by atoms with Crippen molar-refractivity contribution in [3.63, 3.8) is 0 Å². The molecule has 7 nitrogen and oxygen atoms in total. The lowest BCUT2D eigenvalue weighted by atomic mass is 10.0. The van der Waals surface area contributed by atoms with Crippen LogP contribution in [0.25, 0.3) is 21.9 Å². The van der Waals surface area contributed by atoms with Gasteiger partial charge in [-0.3, -0.25) is 0 Å². The number of rotatable bonds is 4. The second kappa shape index (κ2) is 6.10. The highest BCUT2D eigenvalue weighted by atomic mass is 32.2. The number of sulfone groups is 1. The largest absolute Gasteiger partial charge is 0.478 e. The molecule has 0 atom stereocenters. The number of carbonyl (C=O) groups is 1. The highest BCUT2D eigenvalue weighted by molar-refractivity contribution is 7.90. The fourth-order valence-electron chi connectivity index (χ4n) is 3.03. The molecule has 27 heavy (non-hydrogen) atoms. The van der Waals surface area contributed by atoms with Crippen molar-refractivity contribution in [1.82, 2.24) is 0 Å². The van der Waals surface area contributed by atoms with E-state index in [0.717, 1.165) is 0 Å². The molecule has 0 aliphatic carbocycles. The van der Waals surface area contributed by atoms with Crippen molar-refractivity contribution in [3.05, 3.63) is 76.3 Å². The minimum absolute atomic E-state index is 0.0245. The SMILES string of the molecule is O=C(O)c1c(CS(=O)(=O)c2ccccc2)ccc2c1oc(=O)c1occc12. The molecule has 2 heterocycles. The van der Waals surface area contributed by atoms with E-state index in [1.165, 1.54) is 36.6 Å². The third-order valence-electron chi connectivity index (χ3n) is 4.24. The van der Waals surface area contributed by atoms with Gasteiger partial charge in [0, 0.05) is 10.8 Å². The molecule has 4 aromatic rings. The Hall–Kier alpha value is -3.39. The van der Waals surface area contributed by atoms with E-state index in [0.29, 0.717) is 10.8 Å². The van der Waals surface area contributed by atoms with Gasteiger partial charge in [-0.05, 0) is 23.8 Å². The number of carboxylic acids is 1. The Kier molecular flexibility index (Phi) is 3.85. The molecule has 0 bridgehead atoms. The molecule has 0 aliphatic heterocycles. The number of hydrogen-bond acceptors (Lipinski definition) is 6. The summed E-state index contributed by atoms with van der Waals surface area (Å²) in [6, 6.07) is 12.2. The van der Waals surface area contributed by atoms with Gasteiger partial charge < -0.3 is 13.9 Å². The molecule has 0 unspecified atom stereocenters. The van der Waals surface area contributed by atoms with Crippen molar-refractivity contribution in [2.45, 2.75) is 10.6 Å². The van der Waals surface area contributed by atoms with Crippen LogP contribution in [0, 0.1) is 0 Å². The van der Waals surface area contributed by atoms with Gasteiger partial charge in [-0.15, -0.1) is 0 Å². The molecular formula is C19H12O7S. The monoisotopic (exact) mass is 384 g/mol. The Morgan fingerprint density at radius 2 is 1.67 bits per heavy atom. The summed E-state index contributed by atoms with van der Waals surface area (Å²) in [4.78, 5) is 24.0. The second-order valence-corrected chi connectivity index (χ2v) is 7.90. The summed E-state index contributed by atoms with van der Waals surface area (Å²) in [6.45, 7) is 0. The molecule has 0 amide bonds. The molecule has 8 heteroatoms. The van der Waals surface area contributed by atoms with Crippen LogP contribution in [0.15, 0.2) is 73.3 Å². The number of hydrogen-bond donors (Lipinski definition) is 1. The van der Waals surface area contributed by atoms with E-state index in [1.807, 2.05) is 0 Å². The average molecular weight is 384 g/mol. The number of aromatic carboxylic acids is 1. The third kappa shape index (κ3) is 2.80. The van der Waals surface area contributed by atoms with Crippen molar-refractivity contribution in [3.8, 4) is 0 Å². The zero-order valence-corrected chi connectivity index (χ0v) is 14.5. The highest BCUT2D eigenvalue weighted by Gasteiger charge is 2.24. The van der Waals surface area contributed by atoms with Crippen LogP contribution < -0.4 is 5.63 Å². The van der Waals surface area contributed by atoms with Crippen molar-refractivity contribution < 1.29 is 27.2 Å². The van der Waals surface area contributed by atoms with Gasteiger partial charge in [-0.1, -0.05) is 30.3 Å². The number of fused-ring (bicyclic) bond motifs is 3. The maximum Gasteiger partial charge on any atom is 0.380 e. The minimum atomic E-state index is -3.78. The average Bonchev–Trinajstić information content (AvgIpc) is 3.12. The Balaban J connectivity index is 1.97. The van der Waals surface area contributed by atoms with E-state index >= 15 is 0 Å². The Morgan fingerprint density at radius 1 is 0.963 bits per heavy atom. The van der Waals surface area contributed by atoms with Gasteiger partial charge in [0.25, 0.3) is 0 Å². The van der Waals surface area contributed by atoms with Crippen LogP contribution in [-0.4, -0.2) is 19.5 Å². The smallest absolute Gasteiger partial charge is 0.380 e. The molecule has 0 saturated heterocycles. The number of benzene rings is 2. The van der Waals surface area contributed by atoms with Gasteiger partial charge in [0.15, 0.2) is 15.4 Å². The maximum atomic E-state index is 12.7. The lowest BCUT2D eigenvalue weighted by Gasteiger charge is -2.10. The molecule has 2 aromatic heterocycles. The maximum absolute atomic E-state index is 12.7. The second-order valence-electron chi connectivity index (χ2n) is 5.91. The van der Waals surface area contributed by atoms with Crippen molar-refractivity contribution >= 4 is 37.7 Å². The predicted octanol–water partition coefficient (Wildman–Crippen LogP) is 3.21. The van der Waals surface area contributed by atoms with E-state index in [2.05, 4.69) is 0 Å². The van der Waals surface area contributed by atoms with E-state index < -0.39 is 27.2 Å². The minimum Gasteiger partial charge on any atom is -0.478 e. The van der Waals surface area contributed by atoms with E-state index in [1.54, 1.807) is 18.2 Å². The molecule has 136 valence electrons. The van der Waals surface area contributed by atoms with Crippen LogP contribution in [0.1, 0.15) is 15.9 Å². The molecule has 1 N–H and O–H groups in total. The van der Waals surface area contributed by atoms with Crippen molar-refractivity contribution in [1.29, 1.82) is 0 Å². The van der Waals surface area contributed by atoms with Crippen LogP contribution >= 0.6 is 0 Å². The molecule has 4 rings (SSSR count). The molecule has 0 spiro atoms. The summed E-state index contributed by atoms with van der Waals surface area (Å²) in [5, 5.41) is 10.4. The molecule has 0 fully saturated rings. The summed E-state index contributed by atoms with van der Waals surface area (Å²) in [7, 11) is -3.78. The first kappa shape index (κ1) is 17.0. The summed E-state index contributed by atoms with van der Waals surface area (Å²) >= 11 is 0. The fraction of sp³-hybridized carbons (Fsp3) is 0.0526. The van der Waals surface area contributed by atoms with Gasteiger partial charge in [0.2, 0.25) is 5.58 Å². The van der Waals surface area contributed by atoms with E-state index in [4.69, 9.17) is 8.83 Å². The number of furan rings is 1. The summed E-state index contributed by atoms with van der Waals surface area (Å²) in [6.07, 6.45) is 1.30. The van der Waals surface area contributed by atoms with Crippen LogP contribution in [0.2, 0.25) is 0 Å². The first-order valence-corrected chi connectivity index (χ1v) is 9.51. The third-order valence-corrected chi connectivity index (χ3v) is 5.92. The molecule has 0 radical (unpaired) electrons. The first-order chi connectivity index (χ1) is 12.9. The molecule has 2 aromatic carbocycles. The lowest BCUT2D eigenvalue weighted by molar-refractivity contribution is 0.0697. The standard InChI is InChI=1S/C19H12O7S/c20-18(21)15-11(10-27(23,24)12-4-2-1-3-5-12)6-7-13-14-8-9-25-17(14)19(22)26-16(13)15/h1-9H,10H2,(H,20,21). The Labute approximate surface area is 152 Å². The van der Waals surface area contributed by atoms with Gasteiger partial charge >= 0.3 is 11.6 Å². The lowest BCUT2D eigenvalue weighted by Crippen LogP contribution is -2.11. The highest BCUT2D eigenvalue weighted by Crippen LogP contribution is 2.30. The molecule has 0 aliphatic rings. The van der Waals surface area contributed by atoms with Crippen LogP contribution in [0.4, 0.5) is 0 Å². The van der Waals surface area contributed by atoms with Gasteiger partial charge in [-0.25, -0.2) is 18.0 Å². The molecule has 0 saturated carbocycles. The zero-order valence-electron chi connectivity index (χ0n) is 13.7. The topological polar surface area (TPSA) is 115 Å². The van der Waals surface area contributed by atoms with E-state index in [9.17, 15) is 23.1 Å². The first-order valence-electron chi connectivity index (χ1n) is 7.85. The predicted molar refractivity (Wildman–Crippen MR) is 96.5 cm³/mol. The van der Waals surface area contributed by atoms with E-state index in [-0.39, 0.29) is 27.2 Å². The van der Waals surface area contributed by atoms with Crippen LogP contribution in [0.3, 0.4) is 0 Å². The quantitative estimate of drug-likeness (QED) is 0.537. The number of carboxylic acid groups (broad SMARTS) is 1. The van der Waals surface area contributed by atoms with Crippen LogP contribution in [-0.2, 0) is 15.6 Å². The van der Waals surface area contributed by atoms with Crippen molar-refractivity contribution in [2.24, 2.45) is 0 Å². The normalized spacial score (nSPS) is 11.9. The summed E-state index contributed by atoms with van der Waals surface area (Å²) < 4.78 is 35.5. The fourth-order valence-corrected chi connectivity index (χ4v) is 4.42. The van der Waals surface area contributed by atoms with Crippen molar-refractivity contribution in [2.75, 3.05) is 0 Å². The zero-order chi connectivity index (χ0) is 19.2. The van der Waals surface area contributed by atoms with Gasteiger partial charge in [0.05, 0.1) is 16.9 Å². The summed E-state index contributed by atoms with van der Waals surface area (Å²) in [5.41, 5.74) is -1.35. The summed E-state index contributed by atoms with van der Waals surface area (Å²) in [5.74, 6) is -1.92. The van der Waals surface area contributed by atoms with Crippen LogP contribution in [0.5, 0.6) is 0 Å². The Bertz CT molecular complexity index is 1350. The van der Waals surface area contributed by atoms with Gasteiger partial charge in [-0.2, -0.15) is 0 Å². The molecular weight excluding hydrogens is 372 g/mol. The van der Waals surface area contributed by atoms with Gasteiger partial charge in [0.1, 0.15) is 5.56 Å².